The van der Waals surface area contributed by atoms with E-state index in [9.17, 15) is 4.79 Å². The first kappa shape index (κ1) is 16.2. The average Bonchev–Trinajstić information content (AvgIpc) is 3.33. The van der Waals surface area contributed by atoms with E-state index < -0.39 is 6.29 Å². The minimum Gasteiger partial charge on any atom is -0.454 e. The molecule has 1 N–H and O–H groups in total. The summed E-state index contributed by atoms with van der Waals surface area (Å²) in [6.45, 7) is 2.43. The van der Waals surface area contributed by atoms with E-state index in [4.69, 9.17) is 19.0 Å². The second-order valence-electron chi connectivity index (χ2n) is 6.61. The Bertz CT molecular complexity index is 1010. The fourth-order valence-corrected chi connectivity index (χ4v) is 3.39. The summed E-state index contributed by atoms with van der Waals surface area (Å²) in [6.07, 6.45) is 1.02. The van der Waals surface area contributed by atoms with Crippen LogP contribution < -0.4 is 9.47 Å². The number of hydrogen-bond acceptors (Lipinski definition) is 5. The zero-order valence-corrected chi connectivity index (χ0v) is 14.7. The largest absolute Gasteiger partial charge is 0.454 e. The molecule has 0 saturated carbocycles. The van der Waals surface area contributed by atoms with Crippen molar-refractivity contribution in [3.63, 3.8) is 0 Å². The van der Waals surface area contributed by atoms with Gasteiger partial charge in [-0.25, -0.2) is 9.90 Å². The highest BCUT2D eigenvalue weighted by Gasteiger charge is 2.33. The number of aromatic nitrogens is 1. The zero-order valence-electron chi connectivity index (χ0n) is 14.7. The lowest BCUT2D eigenvalue weighted by Gasteiger charge is -2.35. The lowest BCUT2D eigenvalue weighted by molar-refractivity contribution is -0.319. The fourth-order valence-electron chi connectivity index (χ4n) is 3.39. The van der Waals surface area contributed by atoms with Gasteiger partial charge in [0.25, 0.3) is 5.91 Å². The van der Waals surface area contributed by atoms with Crippen molar-refractivity contribution in [1.29, 1.82) is 0 Å². The highest BCUT2D eigenvalue weighted by Crippen LogP contribution is 2.35. The number of ether oxygens (including phenoxy) is 3. The summed E-state index contributed by atoms with van der Waals surface area (Å²) in [4.78, 5) is 22.1. The number of hydroxylamine groups is 2. The fraction of sp³-hybridized carbons (Fsp3) is 0.250. The maximum atomic E-state index is 13.0. The van der Waals surface area contributed by atoms with Gasteiger partial charge in [0.05, 0.1) is 12.6 Å². The van der Waals surface area contributed by atoms with Crippen LogP contribution in [0.15, 0.2) is 48.7 Å². The van der Waals surface area contributed by atoms with Crippen molar-refractivity contribution in [2.75, 3.05) is 13.3 Å². The van der Waals surface area contributed by atoms with Crippen molar-refractivity contribution in [1.82, 2.24) is 10.0 Å². The predicted molar refractivity (Wildman–Crippen MR) is 96.3 cm³/mol. The molecule has 0 bridgehead atoms. The third-order valence-corrected chi connectivity index (χ3v) is 4.72. The van der Waals surface area contributed by atoms with Crippen LogP contribution in [0.1, 0.15) is 29.1 Å². The molecule has 1 saturated heterocycles. The summed E-state index contributed by atoms with van der Waals surface area (Å²) < 4.78 is 16.6. The monoisotopic (exact) mass is 366 g/mol. The number of aromatic amines is 1. The van der Waals surface area contributed by atoms with E-state index >= 15 is 0 Å². The Labute approximate surface area is 155 Å². The molecule has 1 fully saturated rings. The van der Waals surface area contributed by atoms with Crippen molar-refractivity contribution in [3.8, 4) is 11.5 Å². The molecular weight excluding hydrogens is 348 g/mol. The first-order valence-corrected chi connectivity index (χ1v) is 8.79. The number of carbonyl (C=O) groups excluding carboxylic acids is 1. The van der Waals surface area contributed by atoms with Crippen LogP contribution in [0.25, 0.3) is 10.9 Å². The smallest absolute Gasteiger partial charge is 0.277 e. The number of amides is 1. The van der Waals surface area contributed by atoms with Crippen molar-refractivity contribution in [2.24, 2.45) is 0 Å². The molecule has 0 spiro atoms. The Hall–Kier alpha value is -3.03. The second-order valence-corrected chi connectivity index (χ2v) is 6.61. The minimum atomic E-state index is -0.664. The molecule has 3 heterocycles. The van der Waals surface area contributed by atoms with Gasteiger partial charge in [0, 0.05) is 28.2 Å². The summed E-state index contributed by atoms with van der Waals surface area (Å²) in [6, 6.07) is 13.0. The maximum Gasteiger partial charge on any atom is 0.277 e. The van der Waals surface area contributed by atoms with Crippen molar-refractivity contribution in [3.05, 3.63) is 59.8 Å². The Kier molecular flexibility index (Phi) is 3.77. The third-order valence-electron chi connectivity index (χ3n) is 4.72. The Morgan fingerprint density at radius 1 is 1.15 bits per heavy atom. The van der Waals surface area contributed by atoms with Gasteiger partial charge in [-0.05, 0) is 31.2 Å². The summed E-state index contributed by atoms with van der Waals surface area (Å²) in [5, 5.41) is 2.37. The van der Waals surface area contributed by atoms with Crippen LogP contribution in [0.3, 0.4) is 0 Å². The zero-order chi connectivity index (χ0) is 18.4. The molecule has 2 aliphatic heterocycles. The van der Waals surface area contributed by atoms with Crippen LogP contribution in [0.2, 0.25) is 0 Å². The Morgan fingerprint density at radius 3 is 2.93 bits per heavy atom. The summed E-state index contributed by atoms with van der Waals surface area (Å²) >= 11 is 0. The molecule has 2 unspecified atom stereocenters. The van der Waals surface area contributed by atoms with Gasteiger partial charge in [-0.1, -0.05) is 18.2 Å². The highest BCUT2D eigenvalue weighted by molar-refractivity contribution is 5.94. The molecular formula is C20H18N2O5. The summed E-state index contributed by atoms with van der Waals surface area (Å²) in [7, 11) is 0. The van der Waals surface area contributed by atoms with Gasteiger partial charge in [-0.15, -0.1) is 0 Å². The standard InChI is InChI=1S/C20H18N2O5/c1-12-10-22(19(23)13-6-7-17-18(8-13)25-11-24-17)27-20(26-12)15-9-21-16-5-3-2-4-14(15)16/h2-9,12,20-21H,10-11H2,1H3. The first-order valence-electron chi connectivity index (χ1n) is 8.79. The van der Waals surface area contributed by atoms with Gasteiger partial charge in [-0.2, -0.15) is 0 Å². The van der Waals surface area contributed by atoms with Crippen LogP contribution in [-0.4, -0.2) is 35.4 Å². The van der Waals surface area contributed by atoms with Gasteiger partial charge in [0.15, 0.2) is 11.5 Å². The Balaban J connectivity index is 1.42. The molecule has 3 aromatic rings. The highest BCUT2D eigenvalue weighted by atomic mass is 16.8. The van der Waals surface area contributed by atoms with Crippen LogP contribution in [0, 0.1) is 0 Å². The molecule has 2 aliphatic rings. The molecule has 27 heavy (non-hydrogen) atoms. The van der Waals surface area contributed by atoms with E-state index in [1.165, 1.54) is 5.06 Å². The van der Waals surface area contributed by atoms with Crippen molar-refractivity contribution >= 4 is 16.8 Å². The number of carbonyl (C=O) groups is 1. The number of para-hydroxylation sites is 1. The van der Waals surface area contributed by atoms with Gasteiger partial charge in [0.2, 0.25) is 13.1 Å². The molecule has 2 atom stereocenters. The quantitative estimate of drug-likeness (QED) is 0.753. The van der Waals surface area contributed by atoms with E-state index in [0.29, 0.717) is 23.6 Å². The lowest BCUT2D eigenvalue weighted by atomic mass is 10.1. The summed E-state index contributed by atoms with van der Waals surface area (Å²) in [5.74, 6) is 0.961. The van der Waals surface area contributed by atoms with E-state index in [2.05, 4.69) is 4.98 Å². The first-order chi connectivity index (χ1) is 13.2. The number of nitrogens with zero attached hydrogens (tertiary/aromatic N) is 1. The SMILES string of the molecule is CC1CN(C(=O)c2ccc3c(c2)OCO3)OC(c2c[nH]c3ccccc23)O1. The number of H-pyrrole nitrogens is 1. The Morgan fingerprint density at radius 2 is 2.00 bits per heavy atom. The third kappa shape index (κ3) is 2.81. The van der Waals surface area contributed by atoms with E-state index in [-0.39, 0.29) is 18.8 Å². The molecule has 138 valence electrons. The lowest BCUT2D eigenvalue weighted by Crippen LogP contribution is -2.44. The topological polar surface area (TPSA) is 73.0 Å². The number of nitrogens with one attached hydrogen (secondary N) is 1. The number of rotatable bonds is 2. The van der Waals surface area contributed by atoms with Crippen LogP contribution in [0.4, 0.5) is 0 Å². The maximum absolute atomic E-state index is 13.0. The van der Waals surface area contributed by atoms with Crippen molar-refractivity contribution in [2.45, 2.75) is 19.3 Å². The van der Waals surface area contributed by atoms with Gasteiger partial charge >= 0.3 is 0 Å². The number of benzene rings is 2. The molecule has 7 nitrogen and oxygen atoms in total. The normalized spacial score (nSPS) is 21.6. The van der Waals surface area contributed by atoms with E-state index in [0.717, 1.165) is 16.5 Å². The van der Waals surface area contributed by atoms with Crippen molar-refractivity contribution < 1.29 is 23.8 Å². The van der Waals surface area contributed by atoms with Crippen LogP contribution in [-0.2, 0) is 9.57 Å². The van der Waals surface area contributed by atoms with E-state index in [1.807, 2.05) is 37.4 Å². The molecule has 2 aromatic carbocycles. The van der Waals surface area contributed by atoms with Crippen LogP contribution >= 0.6 is 0 Å². The average molecular weight is 366 g/mol. The van der Waals surface area contributed by atoms with Crippen LogP contribution in [0.5, 0.6) is 11.5 Å². The molecule has 1 amide bonds. The molecule has 5 rings (SSSR count). The molecule has 1 aromatic heterocycles. The summed E-state index contributed by atoms with van der Waals surface area (Å²) in [5.41, 5.74) is 2.33. The molecule has 7 heteroatoms. The minimum absolute atomic E-state index is 0.167. The predicted octanol–water partition coefficient (Wildman–Crippen LogP) is 3.39. The number of fused-ring (bicyclic) bond motifs is 2. The molecule has 0 aliphatic carbocycles. The second kappa shape index (κ2) is 6.29. The number of hydrogen-bond donors (Lipinski definition) is 1. The molecule has 0 radical (unpaired) electrons. The van der Waals surface area contributed by atoms with Gasteiger partial charge in [-0.3, -0.25) is 4.79 Å². The van der Waals surface area contributed by atoms with Gasteiger partial charge in [0.1, 0.15) is 0 Å². The van der Waals surface area contributed by atoms with Gasteiger partial charge < -0.3 is 19.2 Å². The van der Waals surface area contributed by atoms with E-state index in [1.54, 1.807) is 18.2 Å².